The second-order valence-corrected chi connectivity index (χ2v) is 4.10. The van der Waals surface area contributed by atoms with Crippen LogP contribution in [0.4, 0.5) is 5.69 Å². The molecule has 0 unspecified atom stereocenters. The topological polar surface area (TPSA) is 56.7 Å². The van der Waals surface area contributed by atoms with Crippen LogP contribution < -0.4 is 5.73 Å². The molecule has 0 saturated carbocycles. The first-order valence-electron chi connectivity index (χ1n) is 4.67. The van der Waals surface area contributed by atoms with E-state index in [0.717, 1.165) is 23.0 Å². The minimum absolute atomic E-state index is 0.739. The molecule has 0 aromatic carbocycles. The van der Waals surface area contributed by atoms with Crippen LogP contribution in [0.15, 0.2) is 41.8 Å². The Balaban J connectivity index is 1.86. The monoisotopic (exact) mass is 220 g/mol. The first kappa shape index (κ1) is 10.0. The molecule has 0 fully saturated rings. The van der Waals surface area contributed by atoms with Crippen LogP contribution in [0.25, 0.3) is 0 Å². The van der Waals surface area contributed by atoms with Crippen LogP contribution in [0.2, 0.25) is 0 Å². The number of rotatable bonds is 4. The summed E-state index contributed by atoms with van der Waals surface area (Å²) in [6.45, 7) is 0.869. The molecule has 78 valence electrons. The predicted octanol–water partition coefficient (Wildman–Crippen LogP) is 1.65. The molecule has 0 bridgehead atoms. The van der Waals surface area contributed by atoms with Gasteiger partial charge in [-0.15, -0.1) is 11.8 Å². The summed E-state index contributed by atoms with van der Waals surface area (Å²) in [7, 11) is 0. The summed E-state index contributed by atoms with van der Waals surface area (Å²) < 4.78 is 1.89. The summed E-state index contributed by atoms with van der Waals surface area (Å²) in [4.78, 5) is 4.21. The van der Waals surface area contributed by atoms with Crippen LogP contribution in [-0.2, 0) is 6.54 Å². The van der Waals surface area contributed by atoms with Crippen molar-refractivity contribution in [2.75, 3.05) is 11.5 Å². The Morgan fingerprint density at radius 1 is 1.33 bits per heavy atom. The number of hydrogen-bond donors (Lipinski definition) is 1. The molecule has 0 spiro atoms. The average Bonchev–Trinajstić information content (AvgIpc) is 2.74. The molecule has 2 aromatic heterocycles. The first-order valence-corrected chi connectivity index (χ1v) is 5.65. The Labute approximate surface area is 92.5 Å². The fourth-order valence-corrected chi connectivity index (χ4v) is 2.03. The van der Waals surface area contributed by atoms with E-state index in [4.69, 9.17) is 5.73 Å². The summed E-state index contributed by atoms with van der Waals surface area (Å²) in [6, 6.07) is 5.62. The van der Waals surface area contributed by atoms with Crippen molar-refractivity contribution >= 4 is 17.4 Å². The van der Waals surface area contributed by atoms with Gasteiger partial charge in [0.2, 0.25) is 0 Å². The third kappa shape index (κ3) is 2.73. The van der Waals surface area contributed by atoms with Gasteiger partial charge in [0.15, 0.2) is 0 Å². The standard InChI is InChI=1S/C10H12N4S/c11-9-3-1-4-12-10(9)15-8-7-14-6-2-5-13-14/h1-6H,7-8,11H2. The minimum atomic E-state index is 0.739. The lowest BCUT2D eigenvalue weighted by Gasteiger charge is -2.03. The normalized spacial score (nSPS) is 10.4. The van der Waals surface area contributed by atoms with E-state index in [1.165, 1.54) is 0 Å². The Bertz CT molecular complexity index is 413. The quantitative estimate of drug-likeness (QED) is 0.796. The molecular weight excluding hydrogens is 208 g/mol. The molecular formula is C10H12N4S. The van der Waals surface area contributed by atoms with Crippen LogP contribution in [0.5, 0.6) is 0 Å². The lowest BCUT2D eigenvalue weighted by atomic mass is 10.4. The van der Waals surface area contributed by atoms with E-state index in [9.17, 15) is 0 Å². The second kappa shape index (κ2) is 4.84. The van der Waals surface area contributed by atoms with E-state index in [0.29, 0.717) is 0 Å². The molecule has 2 N–H and O–H groups in total. The van der Waals surface area contributed by atoms with E-state index in [1.807, 2.05) is 29.1 Å². The highest BCUT2D eigenvalue weighted by Gasteiger charge is 1.99. The van der Waals surface area contributed by atoms with Crippen LogP contribution in [0.1, 0.15) is 0 Å². The van der Waals surface area contributed by atoms with Gasteiger partial charge < -0.3 is 5.73 Å². The van der Waals surface area contributed by atoms with E-state index >= 15 is 0 Å². The van der Waals surface area contributed by atoms with Gasteiger partial charge in [-0.2, -0.15) is 5.10 Å². The summed E-state index contributed by atoms with van der Waals surface area (Å²) in [5.41, 5.74) is 6.51. The van der Waals surface area contributed by atoms with Crippen molar-refractivity contribution in [2.24, 2.45) is 0 Å². The van der Waals surface area contributed by atoms with Crippen LogP contribution in [0.3, 0.4) is 0 Å². The number of hydrogen-bond acceptors (Lipinski definition) is 4. The highest BCUT2D eigenvalue weighted by Crippen LogP contribution is 2.21. The van der Waals surface area contributed by atoms with Crippen LogP contribution in [0, 0.1) is 0 Å². The van der Waals surface area contributed by atoms with Gasteiger partial charge in [-0.3, -0.25) is 4.68 Å². The fraction of sp³-hybridized carbons (Fsp3) is 0.200. The molecule has 4 nitrogen and oxygen atoms in total. The number of aryl methyl sites for hydroxylation is 1. The lowest BCUT2D eigenvalue weighted by Crippen LogP contribution is -2.01. The zero-order valence-electron chi connectivity index (χ0n) is 8.21. The number of nitrogen functional groups attached to an aromatic ring is 1. The maximum absolute atomic E-state index is 5.77. The Hall–Kier alpha value is -1.49. The molecule has 0 amide bonds. The number of pyridine rings is 1. The molecule has 2 aromatic rings. The van der Waals surface area contributed by atoms with Crippen molar-refractivity contribution in [3.05, 3.63) is 36.8 Å². The summed E-state index contributed by atoms with van der Waals surface area (Å²) in [5.74, 6) is 0.920. The van der Waals surface area contributed by atoms with Crippen molar-refractivity contribution in [2.45, 2.75) is 11.6 Å². The molecule has 15 heavy (non-hydrogen) atoms. The van der Waals surface area contributed by atoms with Crippen molar-refractivity contribution < 1.29 is 0 Å². The van der Waals surface area contributed by atoms with Crippen molar-refractivity contribution in [3.63, 3.8) is 0 Å². The Kier molecular flexibility index (Phi) is 3.24. The van der Waals surface area contributed by atoms with Crippen molar-refractivity contribution in [3.8, 4) is 0 Å². The summed E-state index contributed by atoms with van der Waals surface area (Å²) in [6.07, 6.45) is 5.48. The van der Waals surface area contributed by atoms with Crippen molar-refractivity contribution in [1.82, 2.24) is 14.8 Å². The number of aromatic nitrogens is 3. The average molecular weight is 220 g/mol. The van der Waals surface area contributed by atoms with Gasteiger partial charge in [-0.25, -0.2) is 4.98 Å². The van der Waals surface area contributed by atoms with Gasteiger partial charge in [-0.05, 0) is 18.2 Å². The van der Waals surface area contributed by atoms with Crippen molar-refractivity contribution in [1.29, 1.82) is 0 Å². The Morgan fingerprint density at radius 3 is 3.00 bits per heavy atom. The lowest BCUT2D eigenvalue weighted by molar-refractivity contribution is 0.666. The SMILES string of the molecule is Nc1cccnc1SCCn1cccn1. The maximum Gasteiger partial charge on any atom is 0.119 e. The summed E-state index contributed by atoms with van der Waals surface area (Å²) >= 11 is 1.65. The van der Waals surface area contributed by atoms with E-state index in [1.54, 1.807) is 24.2 Å². The molecule has 0 radical (unpaired) electrons. The highest BCUT2D eigenvalue weighted by molar-refractivity contribution is 7.99. The molecule has 5 heteroatoms. The van der Waals surface area contributed by atoms with E-state index in [2.05, 4.69) is 10.1 Å². The van der Waals surface area contributed by atoms with Gasteiger partial charge in [0.25, 0.3) is 0 Å². The largest absolute Gasteiger partial charge is 0.397 e. The molecule has 0 aliphatic heterocycles. The molecule has 0 atom stereocenters. The predicted molar refractivity (Wildman–Crippen MR) is 61.6 cm³/mol. The molecule has 0 aliphatic carbocycles. The second-order valence-electron chi connectivity index (χ2n) is 3.02. The van der Waals surface area contributed by atoms with E-state index < -0.39 is 0 Å². The van der Waals surface area contributed by atoms with Gasteiger partial charge >= 0.3 is 0 Å². The molecule has 2 rings (SSSR count). The Morgan fingerprint density at radius 2 is 2.27 bits per heavy atom. The van der Waals surface area contributed by atoms with Gasteiger partial charge in [-0.1, -0.05) is 0 Å². The number of anilines is 1. The maximum atomic E-state index is 5.77. The third-order valence-corrected chi connectivity index (χ3v) is 2.92. The van der Waals surface area contributed by atoms with Gasteiger partial charge in [0.1, 0.15) is 5.03 Å². The third-order valence-electron chi connectivity index (χ3n) is 1.92. The minimum Gasteiger partial charge on any atom is -0.397 e. The number of thioether (sulfide) groups is 1. The molecule has 0 saturated heterocycles. The van der Waals surface area contributed by atoms with Gasteiger partial charge in [0.05, 0.1) is 12.2 Å². The summed E-state index contributed by atoms with van der Waals surface area (Å²) in [5, 5.41) is 5.01. The zero-order valence-corrected chi connectivity index (χ0v) is 9.02. The smallest absolute Gasteiger partial charge is 0.119 e. The van der Waals surface area contributed by atoms with Gasteiger partial charge in [0, 0.05) is 24.3 Å². The first-order chi connectivity index (χ1) is 7.36. The zero-order chi connectivity index (χ0) is 10.5. The van der Waals surface area contributed by atoms with E-state index in [-0.39, 0.29) is 0 Å². The number of nitrogens with zero attached hydrogens (tertiary/aromatic N) is 3. The number of nitrogens with two attached hydrogens (primary N) is 1. The molecule has 2 heterocycles. The fourth-order valence-electron chi connectivity index (χ4n) is 1.19. The molecule has 0 aliphatic rings. The van der Waals surface area contributed by atoms with Crippen LogP contribution in [-0.4, -0.2) is 20.5 Å². The van der Waals surface area contributed by atoms with Crippen LogP contribution >= 0.6 is 11.8 Å². The highest BCUT2D eigenvalue weighted by atomic mass is 32.2.